The Balaban J connectivity index is 1.35. The van der Waals surface area contributed by atoms with Crippen molar-refractivity contribution >= 4 is 46.2 Å². The Morgan fingerprint density at radius 2 is 1.63 bits per heavy atom. The van der Waals surface area contributed by atoms with Crippen molar-refractivity contribution in [2.45, 2.75) is 0 Å². The zero-order valence-corrected chi connectivity index (χ0v) is 20.4. The van der Waals surface area contributed by atoms with Gasteiger partial charge in [0.25, 0.3) is 11.8 Å². The van der Waals surface area contributed by atoms with Crippen LogP contribution in [0.1, 0.15) is 15.9 Å². The van der Waals surface area contributed by atoms with E-state index < -0.39 is 11.8 Å². The number of ether oxygens (including phenoxy) is 3. The van der Waals surface area contributed by atoms with Gasteiger partial charge in [-0.3, -0.25) is 15.0 Å². The fourth-order valence-electron chi connectivity index (χ4n) is 3.15. The number of benzene rings is 3. The maximum atomic E-state index is 12.9. The van der Waals surface area contributed by atoms with E-state index in [2.05, 4.69) is 5.43 Å². The number of carbonyl (C=O) groups is 2. The van der Waals surface area contributed by atoms with Crippen molar-refractivity contribution in [1.82, 2.24) is 10.4 Å². The molecule has 4 rings (SSSR count). The van der Waals surface area contributed by atoms with E-state index in [1.807, 2.05) is 54.6 Å². The van der Waals surface area contributed by atoms with Crippen LogP contribution in [0.4, 0.5) is 0 Å². The Morgan fingerprint density at radius 3 is 2.34 bits per heavy atom. The van der Waals surface area contributed by atoms with Crippen molar-refractivity contribution in [3.63, 3.8) is 0 Å². The monoisotopic (exact) mass is 506 g/mol. The third-order valence-electron chi connectivity index (χ3n) is 4.88. The zero-order chi connectivity index (χ0) is 24.6. The maximum absolute atomic E-state index is 12.9. The van der Waals surface area contributed by atoms with Gasteiger partial charge >= 0.3 is 0 Å². The average molecular weight is 507 g/mol. The number of thiocarbonyl (C=S) groups is 1. The highest BCUT2D eigenvalue weighted by molar-refractivity contribution is 8.26. The molecule has 0 radical (unpaired) electrons. The van der Waals surface area contributed by atoms with Gasteiger partial charge in [-0.25, -0.2) is 0 Å². The van der Waals surface area contributed by atoms with Gasteiger partial charge in [0.15, 0.2) is 4.32 Å². The van der Waals surface area contributed by atoms with Crippen LogP contribution < -0.4 is 19.6 Å². The number of amides is 2. The fraction of sp³-hybridized carbons (Fsp3) is 0.115. The van der Waals surface area contributed by atoms with Crippen molar-refractivity contribution in [3.05, 3.63) is 94.9 Å². The molecule has 3 aromatic rings. The lowest BCUT2D eigenvalue weighted by Gasteiger charge is -2.15. The lowest BCUT2D eigenvalue weighted by atomic mass is 10.2. The zero-order valence-electron chi connectivity index (χ0n) is 18.8. The highest BCUT2D eigenvalue weighted by Crippen LogP contribution is 2.32. The first-order valence-corrected chi connectivity index (χ1v) is 11.9. The van der Waals surface area contributed by atoms with Crippen molar-refractivity contribution < 1.29 is 23.8 Å². The van der Waals surface area contributed by atoms with Crippen LogP contribution >= 0.6 is 24.0 Å². The van der Waals surface area contributed by atoms with Gasteiger partial charge in [0.05, 0.1) is 12.0 Å². The first kappa shape index (κ1) is 24.3. The molecule has 1 aliphatic rings. The predicted octanol–water partition coefficient (Wildman–Crippen LogP) is 4.70. The SMILES string of the molecule is COc1ccc(C(=O)NN2C(=O)/C(=C\c3cccc(OCCOc4ccccc4)c3)SC2=S)cc1. The summed E-state index contributed by atoms with van der Waals surface area (Å²) in [5, 5.41) is 1.08. The lowest BCUT2D eigenvalue weighted by molar-refractivity contribution is -0.123. The molecule has 0 aliphatic carbocycles. The summed E-state index contributed by atoms with van der Waals surface area (Å²) < 4.78 is 16.7. The molecule has 1 aliphatic heterocycles. The van der Waals surface area contributed by atoms with Gasteiger partial charge in [-0.2, -0.15) is 5.01 Å². The van der Waals surface area contributed by atoms with Gasteiger partial charge < -0.3 is 14.2 Å². The van der Waals surface area contributed by atoms with Gasteiger partial charge in [-0.1, -0.05) is 42.1 Å². The molecule has 2 amide bonds. The standard InChI is InChI=1S/C26H22N2O5S2/c1-31-20-12-10-19(11-13-20)24(29)27-28-25(30)23(35-26(28)34)17-18-6-5-9-22(16-18)33-15-14-32-21-7-3-2-4-8-21/h2-13,16-17H,14-15H2,1H3,(H,27,29)/b23-17+. The third kappa shape index (κ3) is 6.40. The Kier molecular flexibility index (Phi) is 8.02. The van der Waals surface area contributed by atoms with E-state index in [0.717, 1.165) is 28.1 Å². The van der Waals surface area contributed by atoms with Gasteiger partial charge in [0, 0.05) is 5.56 Å². The number of thioether (sulfide) groups is 1. The molecular weight excluding hydrogens is 484 g/mol. The third-order valence-corrected chi connectivity index (χ3v) is 6.18. The molecule has 7 nitrogen and oxygen atoms in total. The number of rotatable bonds is 9. The summed E-state index contributed by atoms with van der Waals surface area (Å²) in [6.07, 6.45) is 1.71. The topological polar surface area (TPSA) is 77.1 Å². The fourth-order valence-corrected chi connectivity index (χ4v) is 4.33. The summed E-state index contributed by atoms with van der Waals surface area (Å²) in [6.45, 7) is 0.776. The predicted molar refractivity (Wildman–Crippen MR) is 139 cm³/mol. The average Bonchev–Trinajstić information content (AvgIpc) is 3.14. The molecule has 35 heavy (non-hydrogen) atoms. The summed E-state index contributed by atoms with van der Waals surface area (Å²) in [7, 11) is 1.55. The molecule has 3 aromatic carbocycles. The number of methoxy groups -OCH3 is 1. The second-order valence-electron chi connectivity index (χ2n) is 7.27. The van der Waals surface area contributed by atoms with E-state index >= 15 is 0 Å². The molecule has 0 bridgehead atoms. The van der Waals surface area contributed by atoms with Gasteiger partial charge in [0.2, 0.25) is 0 Å². The van der Waals surface area contributed by atoms with Crippen LogP contribution in [0.5, 0.6) is 17.2 Å². The highest BCUT2D eigenvalue weighted by Gasteiger charge is 2.33. The van der Waals surface area contributed by atoms with Gasteiger partial charge in [0.1, 0.15) is 30.5 Å². The summed E-state index contributed by atoms with van der Waals surface area (Å²) in [6, 6.07) is 23.4. The van der Waals surface area contributed by atoms with E-state index in [-0.39, 0.29) is 4.32 Å². The number of nitrogens with one attached hydrogen (secondary N) is 1. The summed E-state index contributed by atoms with van der Waals surface area (Å²) in [5.74, 6) is 1.22. The van der Waals surface area contributed by atoms with Crippen LogP contribution in [-0.2, 0) is 4.79 Å². The maximum Gasteiger partial charge on any atom is 0.285 e. The lowest BCUT2D eigenvalue weighted by Crippen LogP contribution is -2.44. The van der Waals surface area contributed by atoms with Crippen molar-refractivity contribution in [2.24, 2.45) is 0 Å². The van der Waals surface area contributed by atoms with Crippen molar-refractivity contribution in [2.75, 3.05) is 20.3 Å². The molecule has 0 spiro atoms. The quantitative estimate of drug-likeness (QED) is 0.256. The molecule has 1 saturated heterocycles. The minimum absolute atomic E-state index is 0.244. The molecule has 9 heteroatoms. The molecule has 1 heterocycles. The number of hydrogen-bond donors (Lipinski definition) is 1. The summed E-state index contributed by atoms with van der Waals surface area (Å²) in [5.41, 5.74) is 3.72. The normalized spacial score (nSPS) is 14.2. The Bertz CT molecular complexity index is 1250. The van der Waals surface area contributed by atoms with Crippen LogP contribution in [0.25, 0.3) is 6.08 Å². The van der Waals surface area contributed by atoms with Crippen molar-refractivity contribution in [1.29, 1.82) is 0 Å². The molecule has 178 valence electrons. The molecule has 1 N–H and O–H groups in total. The molecule has 0 atom stereocenters. The molecule has 0 unspecified atom stereocenters. The van der Waals surface area contributed by atoms with E-state index in [0.29, 0.717) is 35.2 Å². The minimum Gasteiger partial charge on any atom is -0.497 e. The molecule has 1 fully saturated rings. The minimum atomic E-state index is -0.446. The Labute approximate surface area is 212 Å². The summed E-state index contributed by atoms with van der Waals surface area (Å²) >= 11 is 6.43. The Morgan fingerprint density at radius 1 is 0.943 bits per heavy atom. The highest BCUT2D eigenvalue weighted by atomic mass is 32.2. The largest absolute Gasteiger partial charge is 0.497 e. The van der Waals surface area contributed by atoms with Gasteiger partial charge in [-0.05, 0) is 72.4 Å². The number of hydrazine groups is 1. The van der Waals surface area contributed by atoms with E-state index in [1.54, 1.807) is 37.5 Å². The first-order chi connectivity index (χ1) is 17.0. The Hall–Kier alpha value is -3.82. The van der Waals surface area contributed by atoms with Crippen LogP contribution in [0, 0.1) is 0 Å². The van der Waals surface area contributed by atoms with Crippen LogP contribution in [0.2, 0.25) is 0 Å². The van der Waals surface area contributed by atoms with E-state index in [4.69, 9.17) is 26.4 Å². The molecular formula is C26H22N2O5S2. The van der Waals surface area contributed by atoms with E-state index in [9.17, 15) is 9.59 Å². The molecule has 0 aromatic heterocycles. The number of para-hydroxylation sites is 1. The van der Waals surface area contributed by atoms with Crippen molar-refractivity contribution in [3.8, 4) is 17.2 Å². The second-order valence-corrected chi connectivity index (χ2v) is 8.94. The first-order valence-electron chi connectivity index (χ1n) is 10.7. The van der Waals surface area contributed by atoms with E-state index in [1.165, 1.54) is 0 Å². The number of nitrogens with zero attached hydrogens (tertiary/aromatic N) is 1. The van der Waals surface area contributed by atoms with Crippen LogP contribution in [0.15, 0.2) is 83.8 Å². The van der Waals surface area contributed by atoms with Gasteiger partial charge in [-0.15, -0.1) is 0 Å². The second kappa shape index (κ2) is 11.5. The van der Waals surface area contributed by atoms with Crippen LogP contribution in [-0.4, -0.2) is 41.5 Å². The smallest absolute Gasteiger partial charge is 0.285 e. The molecule has 0 saturated carbocycles. The number of hydrogen-bond acceptors (Lipinski definition) is 7. The van der Waals surface area contributed by atoms with Crippen LogP contribution in [0.3, 0.4) is 0 Å². The summed E-state index contributed by atoms with van der Waals surface area (Å²) in [4.78, 5) is 25.8. The number of carbonyl (C=O) groups excluding carboxylic acids is 2.